The zero-order chi connectivity index (χ0) is 20.7. The van der Waals surface area contributed by atoms with Gasteiger partial charge >= 0.3 is 11.9 Å². The molecule has 0 bridgehead atoms. The average molecular weight is 389 g/mol. The largest absolute Gasteiger partial charge is 0.478 e. The third-order valence-electron chi connectivity index (χ3n) is 4.33. The number of halogens is 2. The Hall–Kier alpha value is -3.06. The van der Waals surface area contributed by atoms with Gasteiger partial charge in [-0.15, -0.1) is 0 Å². The summed E-state index contributed by atoms with van der Waals surface area (Å²) in [5, 5.41) is 15.6. The van der Waals surface area contributed by atoms with Crippen molar-refractivity contribution in [3.05, 3.63) is 82.9 Å². The van der Waals surface area contributed by atoms with Crippen molar-refractivity contribution in [2.45, 2.75) is 18.9 Å². The molecule has 2 aromatic carbocycles. The van der Waals surface area contributed by atoms with Gasteiger partial charge in [-0.3, -0.25) is 0 Å². The average Bonchev–Trinajstić information content (AvgIpc) is 2.78. The molecule has 1 aliphatic heterocycles. The molecule has 28 heavy (non-hydrogen) atoms. The van der Waals surface area contributed by atoms with Crippen LogP contribution in [0.2, 0.25) is 0 Å². The number of carboxylic acid groups (broad SMARTS) is 2. The fraction of sp³-hybridized carbons (Fsp3) is 0.238. The Morgan fingerprint density at radius 3 is 2.18 bits per heavy atom. The molecule has 0 amide bonds. The molecule has 1 unspecified atom stereocenters. The minimum Gasteiger partial charge on any atom is -0.478 e. The van der Waals surface area contributed by atoms with E-state index in [4.69, 9.17) is 10.2 Å². The first-order valence-corrected chi connectivity index (χ1v) is 8.62. The molecular formula is C21H21F2NO4. The Kier molecular flexibility index (Phi) is 7.40. The monoisotopic (exact) mass is 389 g/mol. The molecule has 148 valence electrons. The van der Waals surface area contributed by atoms with Gasteiger partial charge < -0.3 is 15.1 Å². The lowest BCUT2D eigenvalue weighted by Crippen LogP contribution is -2.17. The summed E-state index contributed by atoms with van der Waals surface area (Å²) < 4.78 is 27.0. The van der Waals surface area contributed by atoms with E-state index in [1.165, 1.54) is 23.3 Å². The van der Waals surface area contributed by atoms with E-state index in [2.05, 4.69) is 24.1 Å². The Labute approximate surface area is 161 Å². The minimum atomic E-state index is -1.26. The molecule has 1 heterocycles. The molecule has 1 aliphatic rings. The highest BCUT2D eigenvalue weighted by molar-refractivity contribution is 5.89. The van der Waals surface area contributed by atoms with E-state index in [-0.39, 0.29) is 5.92 Å². The summed E-state index contributed by atoms with van der Waals surface area (Å²) in [5.41, 5.74) is 3.15. The number of rotatable bonds is 3. The second-order valence-corrected chi connectivity index (χ2v) is 6.49. The van der Waals surface area contributed by atoms with Gasteiger partial charge in [0.1, 0.15) is 11.6 Å². The lowest BCUT2D eigenvalue weighted by molar-refractivity contribution is -0.134. The third-order valence-corrected chi connectivity index (χ3v) is 4.33. The lowest BCUT2D eigenvalue weighted by Gasteiger charge is -2.18. The summed E-state index contributed by atoms with van der Waals surface area (Å²) in [6.07, 6.45) is 1.99. The highest BCUT2D eigenvalue weighted by Crippen LogP contribution is 2.34. The molecule has 0 saturated heterocycles. The second kappa shape index (κ2) is 9.75. The Morgan fingerprint density at radius 2 is 1.61 bits per heavy atom. The Bertz CT molecular complexity index is 846. The van der Waals surface area contributed by atoms with Gasteiger partial charge in [0.05, 0.1) is 0 Å². The number of fused-ring (bicyclic) bond motifs is 1. The molecule has 0 spiro atoms. The summed E-state index contributed by atoms with van der Waals surface area (Å²) in [6, 6.07) is 12.0. The molecule has 0 saturated carbocycles. The van der Waals surface area contributed by atoms with Crippen LogP contribution in [0.15, 0.2) is 54.6 Å². The van der Waals surface area contributed by atoms with Gasteiger partial charge in [-0.05, 0) is 48.8 Å². The number of aliphatic carboxylic acids is 2. The van der Waals surface area contributed by atoms with Gasteiger partial charge in [0.15, 0.2) is 0 Å². The molecule has 3 rings (SSSR count). The maximum atomic E-state index is 13.5. The van der Waals surface area contributed by atoms with Crippen LogP contribution < -0.4 is 0 Å². The van der Waals surface area contributed by atoms with Gasteiger partial charge in [0.2, 0.25) is 0 Å². The van der Waals surface area contributed by atoms with Crippen molar-refractivity contribution in [1.29, 1.82) is 0 Å². The Morgan fingerprint density at radius 1 is 1.04 bits per heavy atom. The fourth-order valence-corrected chi connectivity index (χ4v) is 3.16. The van der Waals surface area contributed by atoms with Crippen molar-refractivity contribution >= 4 is 11.9 Å². The number of hydrogen-bond donors (Lipinski definition) is 2. The molecule has 0 fully saturated rings. The van der Waals surface area contributed by atoms with Crippen molar-refractivity contribution in [3.63, 3.8) is 0 Å². The predicted octanol–water partition coefficient (Wildman–Crippen LogP) is 3.64. The quantitative estimate of drug-likeness (QED) is 0.784. The minimum absolute atomic E-state index is 0.0568. The number of carbonyl (C=O) groups is 2. The van der Waals surface area contributed by atoms with Crippen molar-refractivity contribution in [1.82, 2.24) is 4.90 Å². The van der Waals surface area contributed by atoms with Gasteiger partial charge in [-0.1, -0.05) is 24.3 Å². The van der Waals surface area contributed by atoms with E-state index in [1.807, 2.05) is 12.1 Å². The zero-order valence-electron chi connectivity index (χ0n) is 15.3. The van der Waals surface area contributed by atoms with E-state index in [9.17, 15) is 18.4 Å². The summed E-state index contributed by atoms with van der Waals surface area (Å²) in [5.74, 6) is -3.47. The van der Waals surface area contributed by atoms with Crippen LogP contribution in [0.3, 0.4) is 0 Å². The highest BCUT2D eigenvalue weighted by atomic mass is 19.1. The molecule has 0 aliphatic carbocycles. The van der Waals surface area contributed by atoms with E-state index in [0.717, 1.165) is 31.1 Å². The van der Waals surface area contributed by atoms with Gasteiger partial charge in [-0.2, -0.15) is 0 Å². The van der Waals surface area contributed by atoms with Crippen molar-refractivity contribution < 1.29 is 28.6 Å². The van der Waals surface area contributed by atoms with Gasteiger partial charge in [0.25, 0.3) is 0 Å². The second-order valence-electron chi connectivity index (χ2n) is 6.49. The first kappa shape index (κ1) is 21.2. The number of nitrogens with zero attached hydrogens (tertiary/aromatic N) is 1. The first-order valence-electron chi connectivity index (χ1n) is 8.62. The molecule has 0 radical (unpaired) electrons. The normalized spacial score (nSPS) is 16.6. The zero-order valence-corrected chi connectivity index (χ0v) is 15.3. The van der Waals surface area contributed by atoms with Crippen LogP contribution in [-0.2, 0) is 16.1 Å². The van der Waals surface area contributed by atoms with Crippen LogP contribution in [0, 0.1) is 11.6 Å². The van der Waals surface area contributed by atoms with Crippen molar-refractivity contribution in [3.8, 4) is 0 Å². The number of hydrogen-bond acceptors (Lipinski definition) is 3. The van der Waals surface area contributed by atoms with E-state index in [1.54, 1.807) is 0 Å². The van der Waals surface area contributed by atoms with Crippen LogP contribution in [0.4, 0.5) is 8.78 Å². The smallest absolute Gasteiger partial charge is 0.328 e. The maximum Gasteiger partial charge on any atom is 0.328 e. The molecule has 0 aromatic heterocycles. The maximum absolute atomic E-state index is 13.5. The molecule has 7 heteroatoms. The first-order chi connectivity index (χ1) is 13.3. The fourth-order valence-electron chi connectivity index (χ4n) is 3.16. The molecule has 2 N–H and O–H groups in total. The highest BCUT2D eigenvalue weighted by Gasteiger charge is 2.22. The van der Waals surface area contributed by atoms with Crippen molar-refractivity contribution in [2.75, 3.05) is 13.6 Å². The molecular weight excluding hydrogens is 368 g/mol. The topological polar surface area (TPSA) is 77.8 Å². The predicted molar refractivity (Wildman–Crippen MR) is 100 cm³/mol. The SMILES string of the molecule is CN1CCC(c2cc(F)cc(F)c2)c2ccccc2C1.O=C(O)/C=C\C(=O)O. The molecule has 1 atom stereocenters. The van der Waals surface area contributed by atoms with Crippen LogP contribution in [0.25, 0.3) is 0 Å². The summed E-state index contributed by atoms with van der Waals surface area (Å²) >= 11 is 0. The summed E-state index contributed by atoms with van der Waals surface area (Å²) in [6.45, 7) is 1.79. The summed E-state index contributed by atoms with van der Waals surface area (Å²) in [7, 11) is 2.07. The van der Waals surface area contributed by atoms with E-state index >= 15 is 0 Å². The standard InChI is InChI=1S/C17H17F2N.C4H4O4/c1-20-7-6-17(13-8-14(18)10-15(19)9-13)16-5-3-2-4-12(16)11-20;5-3(6)1-2-4(7)8/h2-5,8-10,17H,6-7,11H2,1H3;1-2H,(H,5,6)(H,7,8)/b;2-1-. The summed E-state index contributed by atoms with van der Waals surface area (Å²) in [4.78, 5) is 21.4. The Balaban J connectivity index is 0.000000300. The number of benzene rings is 2. The van der Waals surface area contributed by atoms with E-state index < -0.39 is 23.6 Å². The van der Waals surface area contributed by atoms with E-state index in [0.29, 0.717) is 12.2 Å². The lowest BCUT2D eigenvalue weighted by atomic mass is 9.86. The van der Waals surface area contributed by atoms with Crippen LogP contribution in [0.1, 0.15) is 29.0 Å². The van der Waals surface area contributed by atoms with Gasteiger partial charge in [-0.25, -0.2) is 18.4 Å². The molecule has 2 aromatic rings. The van der Waals surface area contributed by atoms with Crippen LogP contribution >= 0.6 is 0 Å². The van der Waals surface area contributed by atoms with Crippen LogP contribution in [0.5, 0.6) is 0 Å². The number of carboxylic acids is 2. The van der Waals surface area contributed by atoms with Gasteiger partial charge in [0, 0.05) is 30.7 Å². The van der Waals surface area contributed by atoms with Crippen LogP contribution in [-0.4, -0.2) is 40.6 Å². The molecule has 5 nitrogen and oxygen atoms in total. The third kappa shape index (κ3) is 6.28. The van der Waals surface area contributed by atoms with Crippen molar-refractivity contribution in [2.24, 2.45) is 0 Å².